The molecule has 1 fully saturated rings. The van der Waals surface area contributed by atoms with Crippen molar-refractivity contribution in [2.45, 2.75) is 45.3 Å². The van der Waals surface area contributed by atoms with Gasteiger partial charge in [0.1, 0.15) is 5.69 Å². The van der Waals surface area contributed by atoms with Crippen LogP contribution in [0.4, 0.5) is 23.7 Å². The summed E-state index contributed by atoms with van der Waals surface area (Å²) in [5.41, 5.74) is -0.473. The second-order valence-electron chi connectivity index (χ2n) is 11.3. The summed E-state index contributed by atoms with van der Waals surface area (Å²) in [6.45, 7) is 12.1. The molecule has 3 heterocycles. The first-order valence-electron chi connectivity index (χ1n) is 14.5. The number of likely N-dealkylation sites (tertiary alicyclic amines) is 1. The van der Waals surface area contributed by atoms with Crippen molar-refractivity contribution in [3.8, 4) is 22.8 Å². The molecule has 1 saturated heterocycles. The average Bonchev–Trinajstić information content (AvgIpc) is 3.59. The molecule has 2 aromatic carbocycles. The monoisotopic (exact) mass is 619 g/mol. The van der Waals surface area contributed by atoms with E-state index in [0.29, 0.717) is 17.1 Å². The number of carbonyl (C=O) groups excluding carboxylic acids is 2. The van der Waals surface area contributed by atoms with Crippen LogP contribution >= 0.6 is 0 Å². The molecule has 1 N–H and O–H groups in total. The molecule has 13 heteroatoms. The lowest BCUT2D eigenvalue weighted by Gasteiger charge is -2.29. The summed E-state index contributed by atoms with van der Waals surface area (Å²) in [6, 6.07) is 10.5. The Hall–Kier alpha value is -4.96. The zero-order valence-corrected chi connectivity index (χ0v) is 25.0. The Morgan fingerprint density at radius 1 is 1.09 bits per heavy atom. The standard InChI is InChI=1S/C32H32F3N7O3/c1-20(28(43)18-22-13-16-39(4)17-14-22)38-30(44)41-29(27-12-15-37-42(27)25-10-8-24(36-3)9-11-25)21(2)40(31(41)45)26-7-5-6-23(19-26)32(33,34)35/h5-12,15,19-20,22H,13-14,16-18H2,1-2,4H3,(H,38,44)/t20-/m0/s1. The molecule has 0 unspecified atom stereocenters. The Morgan fingerprint density at radius 2 is 1.78 bits per heavy atom. The summed E-state index contributed by atoms with van der Waals surface area (Å²) in [7, 11) is 2.03. The summed E-state index contributed by atoms with van der Waals surface area (Å²) in [6.07, 6.45) is -1.18. The lowest BCUT2D eigenvalue weighted by molar-refractivity contribution is -0.137. The number of amides is 1. The maximum absolute atomic E-state index is 14.0. The molecule has 234 valence electrons. The highest BCUT2D eigenvalue weighted by atomic mass is 19.4. The van der Waals surface area contributed by atoms with Crippen molar-refractivity contribution in [2.75, 3.05) is 20.1 Å². The van der Waals surface area contributed by atoms with Gasteiger partial charge < -0.3 is 10.2 Å². The van der Waals surface area contributed by atoms with Crippen LogP contribution in [0.25, 0.3) is 27.6 Å². The van der Waals surface area contributed by atoms with Crippen LogP contribution in [-0.2, 0) is 11.0 Å². The normalized spacial score (nSPS) is 15.0. The van der Waals surface area contributed by atoms with E-state index < -0.39 is 29.5 Å². The Kier molecular flexibility index (Phi) is 8.79. The number of benzene rings is 2. The molecule has 0 saturated carbocycles. The molecule has 2 aromatic heterocycles. The van der Waals surface area contributed by atoms with Crippen LogP contribution in [0.15, 0.2) is 65.6 Å². The molecule has 1 atom stereocenters. The van der Waals surface area contributed by atoms with Crippen molar-refractivity contribution < 1.29 is 22.8 Å². The molecule has 10 nitrogen and oxygen atoms in total. The van der Waals surface area contributed by atoms with Gasteiger partial charge in [0.05, 0.1) is 47.1 Å². The third-order valence-electron chi connectivity index (χ3n) is 8.18. The summed E-state index contributed by atoms with van der Waals surface area (Å²) in [5.74, 6) is 0.0191. The number of nitrogens with one attached hydrogen (secondary N) is 1. The minimum Gasteiger partial charge on any atom is -0.328 e. The molecule has 5 rings (SSSR count). The van der Waals surface area contributed by atoms with Crippen molar-refractivity contribution in [2.24, 2.45) is 5.92 Å². The smallest absolute Gasteiger partial charge is 0.328 e. The van der Waals surface area contributed by atoms with E-state index in [2.05, 4.69) is 20.2 Å². The van der Waals surface area contributed by atoms with E-state index in [4.69, 9.17) is 6.57 Å². The van der Waals surface area contributed by atoms with Crippen molar-refractivity contribution in [3.63, 3.8) is 0 Å². The van der Waals surface area contributed by atoms with Gasteiger partial charge in [-0.1, -0.05) is 18.2 Å². The zero-order valence-electron chi connectivity index (χ0n) is 25.0. The predicted octanol–water partition coefficient (Wildman–Crippen LogP) is 5.62. The minimum atomic E-state index is -4.66. The number of rotatable bonds is 7. The number of imidazole rings is 1. The van der Waals surface area contributed by atoms with E-state index in [1.165, 1.54) is 29.9 Å². The quantitative estimate of drug-likeness (QED) is 0.271. The maximum atomic E-state index is 14.0. The number of alkyl halides is 3. The maximum Gasteiger partial charge on any atom is 0.416 e. The van der Waals surface area contributed by atoms with Gasteiger partial charge in [0.25, 0.3) is 0 Å². The number of aromatic nitrogens is 4. The van der Waals surface area contributed by atoms with Crippen molar-refractivity contribution in [3.05, 3.63) is 94.0 Å². The van der Waals surface area contributed by atoms with E-state index in [1.54, 1.807) is 37.3 Å². The van der Waals surface area contributed by atoms with Crippen LogP contribution in [0.3, 0.4) is 0 Å². The second kappa shape index (κ2) is 12.6. The molecule has 45 heavy (non-hydrogen) atoms. The fraction of sp³-hybridized carbons (Fsp3) is 0.344. The number of ketones is 1. The molecule has 0 aliphatic carbocycles. The highest BCUT2D eigenvalue weighted by Crippen LogP contribution is 2.32. The molecule has 0 radical (unpaired) electrons. The Labute approximate surface area is 257 Å². The van der Waals surface area contributed by atoms with Gasteiger partial charge in [-0.25, -0.2) is 23.7 Å². The number of hydrogen-bond donors (Lipinski definition) is 1. The Morgan fingerprint density at radius 3 is 2.42 bits per heavy atom. The topological polar surface area (TPSA) is 98.5 Å². The number of nitrogens with zero attached hydrogens (tertiary/aromatic N) is 6. The van der Waals surface area contributed by atoms with Gasteiger partial charge in [0.15, 0.2) is 11.5 Å². The van der Waals surface area contributed by atoms with Gasteiger partial charge in [-0.15, -0.1) is 0 Å². The molecule has 1 amide bonds. The van der Waals surface area contributed by atoms with E-state index in [9.17, 15) is 27.6 Å². The van der Waals surface area contributed by atoms with Gasteiger partial charge in [-0.3, -0.25) is 9.36 Å². The molecular formula is C32H32F3N7O3. The fourth-order valence-corrected chi connectivity index (χ4v) is 5.64. The SMILES string of the molecule is [C-]#[N+]c1ccc(-n2nccc2-c2c(C)n(-c3cccc(C(F)(F)F)c3)c(=O)n2C(=O)N[C@@H](C)C(=O)CC2CCN(C)CC2)cc1. The number of carbonyl (C=O) groups is 2. The van der Waals surface area contributed by atoms with Crippen LogP contribution in [0, 0.1) is 19.4 Å². The molecule has 1 aliphatic heterocycles. The summed E-state index contributed by atoms with van der Waals surface area (Å²) in [4.78, 5) is 46.5. The average molecular weight is 620 g/mol. The minimum absolute atomic E-state index is 0.0802. The zero-order chi connectivity index (χ0) is 32.5. The van der Waals surface area contributed by atoms with Crippen LogP contribution in [0.2, 0.25) is 0 Å². The largest absolute Gasteiger partial charge is 0.416 e. The second-order valence-corrected chi connectivity index (χ2v) is 11.3. The summed E-state index contributed by atoms with van der Waals surface area (Å²) in [5, 5.41) is 7.00. The third kappa shape index (κ3) is 6.46. The predicted molar refractivity (Wildman–Crippen MR) is 162 cm³/mol. The van der Waals surface area contributed by atoms with Crippen molar-refractivity contribution in [1.29, 1.82) is 0 Å². The molecule has 0 spiro atoms. The number of Topliss-reactive ketones (excluding diaryl/α,β-unsaturated/α-hetero) is 1. The highest BCUT2D eigenvalue weighted by molar-refractivity contribution is 5.90. The van der Waals surface area contributed by atoms with Gasteiger partial charge in [0.2, 0.25) is 0 Å². The molecular weight excluding hydrogens is 587 g/mol. The highest BCUT2D eigenvalue weighted by Gasteiger charge is 2.32. The summed E-state index contributed by atoms with van der Waals surface area (Å²) < 4.78 is 44.1. The Bertz CT molecular complexity index is 1820. The number of hydrogen-bond acceptors (Lipinski definition) is 5. The van der Waals surface area contributed by atoms with E-state index in [1.807, 2.05) is 7.05 Å². The van der Waals surface area contributed by atoms with E-state index in [0.717, 1.165) is 47.2 Å². The van der Waals surface area contributed by atoms with E-state index >= 15 is 0 Å². The molecule has 1 aliphatic rings. The lowest BCUT2D eigenvalue weighted by Crippen LogP contribution is -2.45. The van der Waals surface area contributed by atoms with Gasteiger partial charge in [-0.05, 0) is 89.1 Å². The van der Waals surface area contributed by atoms with E-state index in [-0.39, 0.29) is 35.2 Å². The van der Waals surface area contributed by atoms with Gasteiger partial charge in [-0.2, -0.15) is 18.3 Å². The van der Waals surface area contributed by atoms with Crippen LogP contribution < -0.4 is 11.0 Å². The lowest BCUT2D eigenvalue weighted by atomic mass is 9.90. The molecule has 4 aromatic rings. The summed E-state index contributed by atoms with van der Waals surface area (Å²) >= 11 is 0. The van der Waals surface area contributed by atoms with Crippen molar-refractivity contribution in [1.82, 2.24) is 29.1 Å². The van der Waals surface area contributed by atoms with Crippen molar-refractivity contribution >= 4 is 17.5 Å². The number of piperidine rings is 1. The first-order valence-corrected chi connectivity index (χ1v) is 14.5. The first-order chi connectivity index (χ1) is 21.4. The molecule has 0 bridgehead atoms. The Balaban J connectivity index is 1.58. The van der Waals surface area contributed by atoms with Crippen LogP contribution in [-0.4, -0.2) is 61.8 Å². The van der Waals surface area contributed by atoms with Crippen LogP contribution in [0.5, 0.6) is 0 Å². The van der Waals surface area contributed by atoms with Gasteiger partial charge in [0, 0.05) is 6.42 Å². The number of halogens is 3. The first kappa shape index (κ1) is 31.5. The van der Waals surface area contributed by atoms with Gasteiger partial charge >= 0.3 is 17.9 Å². The fourth-order valence-electron chi connectivity index (χ4n) is 5.64. The third-order valence-corrected chi connectivity index (χ3v) is 8.18. The van der Waals surface area contributed by atoms with Crippen LogP contribution in [0.1, 0.15) is 37.4 Å².